The number of para-hydroxylation sites is 1. The van der Waals surface area contributed by atoms with Crippen molar-refractivity contribution in [3.8, 4) is 5.75 Å². The molecule has 1 heterocycles. The average molecular weight is 250 g/mol. The monoisotopic (exact) mass is 250 g/mol. The SMILES string of the molecule is CN(C(=O)c1cccc(N)c1O)C1CCOCC1. The molecule has 0 saturated carbocycles. The summed E-state index contributed by atoms with van der Waals surface area (Å²) in [6, 6.07) is 4.98. The van der Waals surface area contributed by atoms with E-state index in [0.717, 1.165) is 12.8 Å². The van der Waals surface area contributed by atoms with Crippen molar-refractivity contribution in [2.75, 3.05) is 26.0 Å². The van der Waals surface area contributed by atoms with E-state index in [1.165, 1.54) is 0 Å². The topological polar surface area (TPSA) is 75.8 Å². The summed E-state index contributed by atoms with van der Waals surface area (Å²) in [4.78, 5) is 14.0. The summed E-state index contributed by atoms with van der Waals surface area (Å²) in [6.07, 6.45) is 1.65. The number of hydrogen-bond donors (Lipinski definition) is 2. The largest absolute Gasteiger partial charge is 0.505 e. The van der Waals surface area contributed by atoms with Crippen LogP contribution in [0.1, 0.15) is 23.2 Å². The highest BCUT2D eigenvalue weighted by Gasteiger charge is 2.25. The zero-order chi connectivity index (χ0) is 13.1. The fraction of sp³-hybridized carbons (Fsp3) is 0.462. The van der Waals surface area contributed by atoms with Crippen LogP contribution in [0.15, 0.2) is 18.2 Å². The van der Waals surface area contributed by atoms with Crippen LogP contribution in [-0.2, 0) is 4.74 Å². The van der Waals surface area contributed by atoms with Crippen molar-refractivity contribution in [3.63, 3.8) is 0 Å². The van der Waals surface area contributed by atoms with Crippen molar-refractivity contribution in [3.05, 3.63) is 23.8 Å². The third-order valence-corrected chi connectivity index (χ3v) is 3.36. The number of nitrogens with two attached hydrogens (primary N) is 1. The van der Waals surface area contributed by atoms with Gasteiger partial charge in [-0.3, -0.25) is 4.79 Å². The third kappa shape index (κ3) is 2.41. The number of carbonyl (C=O) groups is 1. The molecule has 1 aliphatic rings. The Morgan fingerprint density at radius 2 is 2.11 bits per heavy atom. The first-order valence-corrected chi connectivity index (χ1v) is 6.03. The Hall–Kier alpha value is -1.75. The van der Waals surface area contributed by atoms with Gasteiger partial charge in [-0.1, -0.05) is 6.07 Å². The quantitative estimate of drug-likeness (QED) is 0.611. The van der Waals surface area contributed by atoms with Gasteiger partial charge in [0.2, 0.25) is 0 Å². The minimum absolute atomic E-state index is 0.138. The Bertz CT molecular complexity index is 442. The van der Waals surface area contributed by atoms with Crippen LogP contribution in [0.4, 0.5) is 5.69 Å². The van der Waals surface area contributed by atoms with E-state index in [9.17, 15) is 9.90 Å². The minimum atomic E-state index is -0.202. The van der Waals surface area contributed by atoms with Crippen molar-refractivity contribution in [1.82, 2.24) is 4.90 Å². The lowest BCUT2D eigenvalue weighted by Crippen LogP contribution is -2.40. The third-order valence-electron chi connectivity index (χ3n) is 3.36. The maximum Gasteiger partial charge on any atom is 0.257 e. The molecule has 3 N–H and O–H groups in total. The molecule has 0 aliphatic carbocycles. The zero-order valence-electron chi connectivity index (χ0n) is 10.4. The number of phenolic OH excluding ortho intramolecular Hbond substituents is 1. The average Bonchev–Trinajstić information content (AvgIpc) is 2.41. The van der Waals surface area contributed by atoms with Gasteiger partial charge in [-0.2, -0.15) is 0 Å². The summed E-state index contributed by atoms with van der Waals surface area (Å²) in [6.45, 7) is 1.34. The van der Waals surface area contributed by atoms with E-state index in [-0.39, 0.29) is 28.9 Å². The molecule has 5 nitrogen and oxygen atoms in total. The molecule has 1 aromatic carbocycles. The Balaban J connectivity index is 2.17. The van der Waals surface area contributed by atoms with Gasteiger partial charge in [-0.15, -0.1) is 0 Å². The number of nitrogens with zero attached hydrogens (tertiary/aromatic N) is 1. The van der Waals surface area contributed by atoms with E-state index in [1.54, 1.807) is 30.1 Å². The first kappa shape index (κ1) is 12.7. The molecule has 0 radical (unpaired) electrons. The molecule has 98 valence electrons. The summed E-state index contributed by atoms with van der Waals surface area (Å²) in [5.41, 5.74) is 6.07. The van der Waals surface area contributed by atoms with Crippen LogP contribution in [0, 0.1) is 0 Å². The second-order valence-corrected chi connectivity index (χ2v) is 4.50. The Labute approximate surface area is 106 Å². The molecule has 1 amide bonds. The van der Waals surface area contributed by atoms with Gasteiger partial charge in [0.25, 0.3) is 5.91 Å². The van der Waals surface area contributed by atoms with Crippen LogP contribution >= 0.6 is 0 Å². The summed E-state index contributed by atoms with van der Waals surface area (Å²) in [5, 5.41) is 9.82. The molecule has 2 rings (SSSR count). The molecule has 18 heavy (non-hydrogen) atoms. The van der Waals surface area contributed by atoms with Gasteiger partial charge in [0, 0.05) is 26.3 Å². The second kappa shape index (κ2) is 5.27. The Morgan fingerprint density at radius 3 is 2.78 bits per heavy atom. The normalized spacial score (nSPS) is 16.5. The predicted molar refractivity (Wildman–Crippen MR) is 68.5 cm³/mol. The summed E-state index contributed by atoms with van der Waals surface area (Å²) >= 11 is 0. The van der Waals surface area contributed by atoms with Crippen LogP contribution in [0.5, 0.6) is 5.75 Å². The lowest BCUT2D eigenvalue weighted by molar-refractivity contribution is 0.0360. The highest BCUT2D eigenvalue weighted by Crippen LogP contribution is 2.26. The van der Waals surface area contributed by atoms with Crippen LogP contribution in [0.3, 0.4) is 0 Å². The molecule has 1 aliphatic heterocycles. The number of phenols is 1. The van der Waals surface area contributed by atoms with Crippen LogP contribution < -0.4 is 5.73 Å². The van der Waals surface area contributed by atoms with E-state index in [4.69, 9.17) is 10.5 Å². The van der Waals surface area contributed by atoms with Gasteiger partial charge in [-0.25, -0.2) is 0 Å². The van der Waals surface area contributed by atoms with Crippen molar-refractivity contribution in [2.24, 2.45) is 0 Å². The summed E-state index contributed by atoms with van der Waals surface area (Å²) < 4.78 is 5.27. The molecule has 1 aromatic rings. The number of nitrogen functional groups attached to an aromatic ring is 1. The standard InChI is InChI=1S/C13H18N2O3/c1-15(9-5-7-18-8-6-9)13(17)10-3-2-4-11(14)12(10)16/h2-4,9,16H,5-8,14H2,1H3. The highest BCUT2D eigenvalue weighted by molar-refractivity contribution is 5.98. The van der Waals surface area contributed by atoms with Crippen molar-refractivity contribution < 1.29 is 14.6 Å². The lowest BCUT2D eigenvalue weighted by atomic mass is 10.1. The van der Waals surface area contributed by atoms with Gasteiger partial charge in [0.1, 0.15) is 0 Å². The summed E-state index contributed by atoms with van der Waals surface area (Å²) in [5.74, 6) is -0.340. The minimum Gasteiger partial charge on any atom is -0.505 e. The predicted octanol–water partition coefficient (Wildman–Crippen LogP) is 1.23. The van der Waals surface area contributed by atoms with Crippen molar-refractivity contribution in [1.29, 1.82) is 0 Å². The number of rotatable bonds is 2. The Morgan fingerprint density at radius 1 is 1.44 bits per heavy atom. The van der Waals surface area contributed by atoms with E-state index in [2.05, 4.69) is 0 Å². The van der Waals surface area contributed by atoms with E-state index < -0.39 is 0 Å². The van der Waals surface area contributed by atoms with Gasteiger partial charge in [0.05, 0.1) is 11.3 Å². The van der Waals surface area contributed by atoms with Gasteiger partial charge in [-0.05, 0) is 25.0 Å². The van der Waals surface area contributed by atoms with Crippen molar-refractivity contribution >= 4 is 11.6 Å². The zero-order valence-corrected chi connectivity index (χ0v) is 10.4. The Kier molecular flexibility index (Phi) is 3.72. The number of amides is 1. The molecule has 0 spiro atoms. The number of benzene rings is 1. The molecule has 1 saturated heterocycles. The van der Waals surface area contributed by atoms with Crippen LogP contribution in [-0.4, -0.2) is 42.2 Å². The first-order chi connectivity index (χ1) is 8.61. The smallest absolute Gasteiger partial charge is 0.257 e. The summed E-state index contributed by atoms with van der Waals surface area (Å²) in [7, 11) is 1.75. The maximum absolute atomic E-state index is 12.3. The second-order valence-electron chi connectivity index (χ2n) is 4.50. The molecule has 0 atom stereocenters. The van der Waals surface area contributed by atoms with Crippen LogP contribution in [0.2, 0.25) is 0 Å². The molecule has 5 heteroatoms. The molecular formula is C13H18N2O3. The number of ether oxygens (including phenoxy) is 1. The highest BCUT2D eigenvalue weighted by atomic mass is 16.5. The maximum atomic E-state index is 12.3. The number of carbonyl (C=O) groups excluding carboxylic acids is 1. The van der Waals surface area contributed by atoms with Crippen LogP contribution in [0.25, 0.3) is 0 Å². The van der Waals surface area contributed by atoms with Gasteiger partial charge in [0.15, 0.2) is 5.75 Å². The number of hydrogen-bond acceptors (Lipinski definition) is 4. The van der Waals surface area contributed by atoms with Crippen molar-refractivity contribution in [2.45, 2.75) is 18.9 Å². The molecule has 0 aromatic heterocycles. The van der Waals surface area contributed by atoms with E-state index in [0.29, 0.717) is 13.2 Å². The lowest BCUT2D eigenvalue weighted by Gasteiger charge is -2.31. The molecular weight excluding hydrogens is 232 g/mol. The number of aromatic hydroxyl groups is 1. The van der Waals surface area contributed by atoms with E-state index >= 15 is 0 Å². The fourth-order valence-electron chi connectivity index (χ4n) is 2.16. The fourth-order valence-corrected chi connectivity index (χ4v) is 2.16. The first-order valence-electron chi connectivity index (χ1n) is 6.03. The van der Waals surface area contributed by atoms with Gasteiger partial charge >= 0.3 is 0 Å². The van der Waals surface area contributed by atoms with E-state index in [1.807, 2.05) is 0 Å². The molecule has 1 fully saturated rings. The van der Waals surface area contributed by atoms with Gasteiger partial charge < -0.3 is 20.5 Å². The number of anilines is 1. The molecule has 0 bridgehead atoms. The molecule has 0 unspecified atom stereocenters.